The van der Waals surface area contributed by atoms with Crippen LogP contribution in [-0.2, 0) is 19.8 Å². The van der Waals surface area contributed by atoms with E-state index in [2.05, 4.69) is 4.98 Å². The lowest BCUT2D eigenvalue weighted by Gasteiger charge is -2.14. The van der Waals surface area contributed by atoms with Crippen molar-refractivity contribution in [3.05, 3.63) is 83.6 Å². The van der Waals surface area contributed by atoms with Gasteiger partial charge in [-0.15, -0.1) is 0 Å². The summed E-state index contributed by atoms with van der Waals surface area (Å²) in [6, 6.07) is 13.9. The predicted octanol–water partition coefficient (Wildman–Crippen LogP) is 6.71. The molecule has 164 valence electrons. The average Bonchev–Trinajstić information content (AvgIpc) is 3.26. The molecule has 0 atom stereocenters. The van der Waals surface area contributed by atoms with Gasteiger partial charge in [0.05, 0.1) is 18.2 Å². The number of halogens is 1. The van der Waals surface area contributed by atoms with E-state index in [0.29, 0.717) is 22.3 Å². The molecule has 0 amide bonds. The zero-order chi connectivity index (χ0) is 26.5. The van der Waals surface area contributed by atoms with Crippen molar-refractivity contribution >= 4 is 21.9 Å². The zero-order valence-electron chi connectivity index (χ0n) is 23.0. The summed E-state index contributed by atoms with van der Waals surface area (Å²) in [7, 11) is 1.91. The molecule has 0 aliphatic heterocycles. The van der Waals surface area contributed by atoms with E-state index < -0.39 is 24.0 Å². The largest absolute Gasteiger partial charge is 0.454 e. The molecule has 0 saturated carbocycles. The van der Waals surface area contributed by atoms with Gasteiger partial charge in [-0.1, -0.05) is 49.2 Å². The van der Waals surface area contributed by atoms with Crippen LogP contribution in [0, 0.1) is 18.2 Å². The molecule has 1 aliphatic rings. The molecule has 6 rings (SSSR count). The molecule has 4 heteroatoms. The Bertz CT molecular complexity index is 1760. The highest BCUT2D eigenvalue weighted by molar-refractivity contribution is 6.13. The molecule has 33 heavy (non-hydrogen) atoms. The molecule has 0 unspecified atom stereocenters. The van der Waals surface area contributed by atoms with Crippen molar-refractivity contribution in [2.75, 3.05) is 0 Å². The van der Waals surface area contributed by atoms with E-state index in [9.17, 15) is 0 Å². The van der Waals surface area contributed by atoms with E-state index in [4.69, 9.17) is 9.90 Å². The molecule has 0 spiro atoms. The Balaban J connectivity index is 1.65. The minimum absolute atomic E-state index is 0.236. The maximum absolute atomic E-state index is 15.5. The summed E-state index contributed by atoms with van der Waals surface area (Å²) in [5.74, 6) is -0.486. The second-order valence-electron chi connectivity index (χ2n) is 9.25. The average molecular weight is 442 g/mol. The third kappa shape index (κ3) is 3.08. The summed E-state index contributed by atoms with van der Waals surface area (Å²) < 4.78 is 58.6. The van der Waals surface area contributed by atoms with Gasteiger partial charge in [-0.2, -0.15) is 0 Å². The number of hydrogen-bond acceptors (Lipinski definition) is 2. The molecule has 0 bridgehead atoms. The first-order chi connectivity index (χ1) is 17.4. The molecule has 2 aromatic heterocycles. The monoisotopic (exact) mass is 441 g/mol. The van der Waals surface area contributed by atoms with E-state index in [-0.39, 0.29) is 11.1 Å². The van der Waals surface area contributed by atoms with Gasteiger partial charge in [0.25, 0.3) is 6.33 Å². The van der Waals surface area contributed by atoms with Crippen LogP contribution in [0.5, 0.6) is 0 Å². The van der Waals surface area contributed by atoms with Crippen LogP contribution in [0.25, 0.3) is 44.3 Å². The van der Waals surface area contributed by atoms with Crippen LogP contribution in [0.3, 0.4) is 0 Å². The van der Waals surface area contributed by atoms with Crippen LogP contribution in [0.4, 0.5) is 4.39 Å². The van der Waals surface area contributed by atoms with Crippen molar-refractivity contribution in [3.8, 4) is 22.4 Å². The molecule has 3 aromatic carbocycles. The molecular weight excluding hydrogens is 411 g/mol. The minimum Gasteiger partial charge on any atom is -0.454 e. The van der Waals surface area contributed by atoms with Gasteiger partial charge < -0.3 is 4.42 Å². The highest BCUT2D eigenvalue weighted by atomic mass is 19.1. The van der Waals surface area contributed by atoms with Gasteiger partial charge in [-0.25, -0.2) is 8.96 Å². The summed E-state index contributed by atoms with van der Waals surface area (Å²) in [5, 5.41) is 1.60. The summed E-state index contributed by atoms with van der Waals surface area (Å²) in [6.07, 6.45) is -0.374. The van der Waals surface area contributed by atoms with Gasteiger partial charge in [0, 0.05) is 22.3 Å². The number of nitrogens with zero attached hydrogens (tertiary/aromatic N) is 2. The van der Waals surface area contributed by atoms with Gasteiger partial charge in [0.2, 0.25) is 0 Å². The first kappa shape index (κ1) is 16.1. The quantitative estimate of drug-likeness (QED) is 0.285. The molecule has 2 heterocycles. The maximum atomic E-state index is 15.5. The smallest absolute Gasteiger partial charge is 0.286 e. The van der Waals surface area contributed by atoms with Gasteiger partial charge >= 0.3 is 0 Å². The minimum atomic E-state index is -1.94. The Labute approximate surface area is 198 Å². The van der Waals surface area contributed by atoms with Crippen molar-refractivity contribution in [2.24, 2.45) is 12.5 Å². The molecule has 1 aliphatic carbocycles. The van der Waals surface area contributed by atoms with Crippen molar-refractivity contribution in [3.63, 3.8) is 0 Å². The van der Waals surface area contributed by atoms with Crippen LogP contribution in [0.15, 0.2) is 65.5 Å². The van der Waals surface area contributed by atoms with Crippen molar-refractivity contribution < 1.29 is 18.9 Å². The zero-order valence-corrected chi connectivity index (χ0v) is 19.0. The molecule has 0 fully saturated rings. The molecule has 0 radical (unpaired) electrons. The van der Waals surface area contributed by atoms with E-state index >= 15 is 4.39 Å². The number of rotatable bonds is 2. The van der Waals surface area contributed by atoms with Crippen LogP contribution < -0.4 is 4.57 Å². The number of fused-ring (bicyclic) bond motifs is 4. The van der Waals surface area contributed by atoms with Gasteiger partial charge in [-0.05, 0) is 59.5 Å². The highest BCUT2D eigenvalue weighted by Crippen LogP contribution is 2.43. The lowest BCUT2D eigenvalue weighted by Crippen LogP contribution is -2.31. The number of hydrogen-bond donors (Lipinski definition) is 0. The topological polar surface area (TPSA) is 29.9 Å². The van der Waals surface area contributed by atoms with Crippen molar-refractivity contribution in [1.82, 2.24) is 4.98 Å². The van der Waals surface area contributed by atoms with E-state index in [1.54, 1.807) is 50.6 Å². The Morgan fingerprint density at radius 2 is 1.70 bits per heavy atom. The second kappa shape index (κ2) is 6.98. The molecular formula is C29H26FN2O+. The van der Waals surface area contributed by atoms with Crippen molar-refractivity contribution in [2.45, 2.75) is 33.5 Å². The van der Waals surface area contributed by atoms with Crippen LogP contribution in [-0.4, -0.2) is 4.98 Å². The normalized spacial score (nSPS) is 19.7. The number of furan rings is 1. The number of aromatic nitrogens is 2. The van der Waals surface area contributed by atoms with Gasteiger partial charge in [-0.3, -0.25) is 0 Å². The Hall–Kier alpha value is -3.53. The summed E-state index contributed by atoms with van der Waals surface area (Å²) >= 11 is 0. The van der Waals surface area contributed by atoms with E-state index in [1.165, 1.54) is 6.07 Å². The number of aryl methyl sites for hydroxylation is 2. The van der Waals surface area contributed by atoms with E-state index in [0.717, 1.165) is 27.6 Å². The summed E-state index contributed by atoms with van der Waals surface area (Å²) in [5.41, 5.74) is 3.75. The fraction of sp³-hybridized carbons (Fsp3) is 0.241. The fourth-order valence-corrected chi connectivity index (χ4v) is 4.87. The van der Waals surface area contributed by atoms with Crippen LogP contribution >= 0.6 is 0 Å². The molecule has 0 saturated heterocycles. The first-order valence-electron chi connectivity index (χ1n) is 13.0. The lowest BCUT2D eigenvalue weighted by atomic mass is 9.90. The van der Waals surface area contributed by atoms with Gasteiger partial charge in [0.15, 0.2) is 0 Å². The highest BCUT2D eigenvalue weighted by Gasteiger charge is 2.29. The standard InChI is InChI=1S/C29H26FN2O/c1-17-5-8-21-22-9-10-23(30)26(18-6-7-19-14-29(2,3)15-20(19)13-18)28(22)33-27(21)25(17)24-11-12-31-16-32(24)4/h5-13,16H,14-15H2,1-4H3/q+1/i14D2,15D2. The van der Waals surface area contributed by atoms with E-state index in [1.807, 2.05) is 36.7 Å². The predicted molar refractivity (Wildman–Crippen MR) is 129 cm³/mol. The summed E-state index contributed by atoms with van der Waals surface area (Å²) in [4.78, 5) is 4.17. The first-order valence-corrected chi connectivity index (χ1v) is 11.0. The fourth-order valence-electron chi connectivity index (χ4n) is 4.87. The Morgan fingerprint density at radius 3 is 2.48 bits per heavy atom. The maximum Gasteiger partial charge on any atom is 0.286 e. The molecule has 5 aromatic rings. The third-order valence-corrected chi connectivity index (χ3v) is 6.36. The third-order valence-electron chi connectivity index (χ3n) is 6.36. The van der Waals surface area contributed by atoms with Crippen LogP contribution in [0.2, 0.25) is 0 Å². The second-order valence-corrected chi connectivity index (χ2v) is 9.25. The Kier molecular flexibility index (Phi) is 3.41. The SMILES string of the molecule is [2H]C1([2H])c2ccc(-c3c(F)ccc4c3oc3c(-c5ccnc[n+]5C)c(C)ccc34)cc2C([2H])([2H])C1(C)C. The number of benzene rings is 3. The Morgan fingerprint density at radius 1 is 0.970 bits per heavy atom. The van der Waals surface area contributed by atoms with Crippen LogP contribution in [0.1, 0.15) is 36.0 Å². The van der Waals surface area contributed by atoms with Crippen molar-refractivity contribution in [1.29, 1.82) is 0 Å². The summed E-state index contributed by atoms with van der Waals surface area (Å²) in [6.45, 7) is 5.19. The van der Waals surface area contributed by atoms with Gasteiger partial charge in [0.1, 0.15) is 28.9 Å². The lowest BCUT2D eigenvalue weighted by molar-refractivity contribution is -0.663. The molecule has 0 N–H and O–H groups in total. The molecule has 3 nitrogen and oxygen atoms in total.